The van der Waals surface area contributed by atoms with Gasteiger partial charge in [-0.2, -0.15) is 0 Å². The highest BCUT2D eigenvalue weighted by Gasteiger charge is 2.28. The van der Waals surface area contributed by atoms with Crippen molar-refractivity contribution in [1.82, 2.24) is 10.2 Å². The lowest BCUT2D eigenvalue weighted by Crippen LogP contribution is -2.46. The van der Waals surface area contributed by atoms with E-state index in [4.69, 9.17) is 0 Å². The summed E-state index contributed by atoms with van der Waals surface area (Å²) in [6.45, 7) is 11.0. The van der Waals surface area contributed by atoms with Gasteiger partial charge in [-0.15, -0.1) is 0 Å². The van der Waals surface area contributed by atoms with Crippen molar-refractivity contribution in [2.45, 2.75) is 77.8 Å². The lowest BCUT2D eigenvalue weighted by molar-refractivity contribution is 0.156. The van der Waals surface area contributed by atoms with Crippen LogP contribution in [0.1, 0.15) is 65.7 Å². The minimum Gasteiger partial charge on any atom is -0.312 e. The molecule has 2 nitrogen and oxygen atoms in total. The summed E-state index contributed by atoms with van der Waals surface area (Å²) in [5.74, 6) is 1.76. The molecule has 2 aliphatic rings. The van der Waals surface area contributed by atoms with Gasteiger partial charge in [-0.3, -0.25) is 4.90 Å². The maximum Gasteiger partial charge on any atom is 0.0223 e. The van der Waals surface area contributed by atoms with E-state index in [1.165, 1.54) is 64.6 Å². The molecule has 1 saturated heterocycles. The van der Waals surface area contributed by atoms with Crippen LogP contribution in [0.5, 0.6) is 0 Å². The molecule has 2 unspecified atom stereocenters. The van der Waals surface area contributed by atoms with Crippen LogP contribution in [0.3, 0.4) is 0 Å². The maximum atomic E-state index is 3.85. The lowest BCUT2D eigenvalue weighted by atomic mass is 9.83. The highest BCUT2D eigenvalue weighted by Crippen LogP contribution is 2.28. The Morgan fingerprint density at radius 1 is 1.05 bits per heavy atom. The highest BCUT2D eigenvalue weighted by atomic mass is 15.2. The number of hydrogen-bond donors (Lipinski definition) is 1. The Morgan fingerprint density at radius 2 is 1.79 bits per heavy atom. The van der Waals surface area contributed by atoms with Gasteiger partial charge in [0.1, 0.15) is 0 Å². The molecule has 19 heavy (non-hydrogen) atoms. The van der Waals surface area contributed by atoms with Crippen molar-refractivity contribution in [3.05, 3.63) is 0 Å². The molecule has 0 aromatic heterocycles. The number of hydrogen-bond acceptors (Lipinski definition) is 2. The Hall–Kier alpha value is -0.0800. The Labute approximate surface area is 120 Å². The summed E-state index contributed by atoms with van der Waals surface area (Å²) < 4.78 is 0. The van der Waals surface area contributed by atoms with Crippen LogP contribution >= 0.6 is 0 Å². The van der Waals surface area contributed by atoms with Crippen molar-refractivity contribution < 1.29 is 0 Å². The van der Waals surface area contributed by atoms with Crippen LogP contribution in [0.15, 0.2) is 0 Å². The minimum absolute atomic E-state index is 0.756. The molecule has 0 amide bonds. The second-order valence-electron chi connectivity index (χ2n) is 7.29. The Kier molecular flexibility index (Phi) is 6.15. The van der Waals surface area contributed by atoms with Gasteiger partial charge in [0, 0.05) is 18.6 Å². The van der Waals surface area contributed by atoms with Crippen LogP contribution in [0.25, 0.3) is 0 Å². The molecular weight excluding hydrogens is 232 g/mol. The SMILES string of the molecule is CC(C)CC(C)N1CCCNC(C2CCCCC2)C1. The number of rotatable bonds is 4. The van der Waals surface area contributed by atoms with Crippen molar-refractivity contribution in [3.8, 4) is 0 Å². The molecule has 2 rings (SSSR count). The molecular formula is C17H34N2. The Morgan fingerprint density at radius 3 is 2.47 bits per heavy atom. The normalized spacial score (nSPS) is 29.4. The molecule has 1 aliphatic heterocycles. The summed E-state index contributed by atoms with van der Waals surface area (Å²) in [6, 6.07) is 1.52. The van der Waals surface area contributed by atoms with Gasteiger partial charge in [-0.05, 0) is 57.5 Å². The summed E-state index contributed by atoms with van der Waals surface area (Å²) in [7, 11) is 0. The molecule has 2 heteroatoms. The fourth-order valence-corrected chi connectivity index (χ4v) is 4.06. The van der Waals surface area contributed by atoms with Crippen LogP contribution < -0.4 is 5.32 Å². The van der Waals surface area contributed by atoms with Crippen LogP contribution in [0, 0.1) is 11.8 Å². The van der Waals surface area contributed by atoms with E-state index >= 15 is 0 Å². The van der Waals surface area contributed by atoms with Gasteiger partial charge in [-0.1, -0.05) is 33.1 Å². The molecule has 0 radical (unpaired) electrons. The summed E-state index contributed by atoms with van der Waals surface area (Å²) in [4.78, 5) is 2.76. The van der Waals surface area contributed by atoms with Crippen LogP contribution in [0.4, 0.5) is 0 Å². The quantitative estimate of drug-likeness (QED) is 0.835. The van der Waals surface area contributed by atoms with E-state index in [1.54, 1.807) is 0 Å². The van der Waals surface area contributed by atoms with E-state index in [0.29, 0.717) is 0 Å². The van der Waals surface area contributed by atoms with E-state index in [0.717, 1.165) is 23.9 Å². The first-order valence-electron chi connectivity index (χ1n) is 8.64. The molecule has 0 aromatic rings. The first kappa shape index (κ1) is 15.3. The van der Waals surface area contributed by atoms with E-state index in [-0.39, 0.29) is 0 Å². The zero-order valence-corrected chi connectivity index (χ0v) is 13.3. The van der Waals surface area contributed by atoms with E-state index in [1.807, 2.05) is 0 Å². The fourth-order valence-electron chi connectivity index (χ4n) is 4.06. The molecule has 112 valence electrons. The fraction of sp³-hybridized carbons (Fsp3) is 1.00. The van der Waals surface area contributed by atoms with Crippen LogP contribution in [-0.4, -0.2) is 36.6 Å². The van der Waals surface area contributed by atoms with Crippen molar-refractivity contribution in [3.63, 3.8) is 0 Å². The average molecular weight is 266 g/mol. The Bertz CT molecular complexity index is 246. The smallest absolute Gasteiger partial charge is 0.0223 e. The van der Waals surface area contributed by atoms with Gasteiger partial charge in [0.25, 0.3) is 0 Å². The van der Waals surface area contributed by atoms with Gasteiger partial charge in [0.05, 0.1) is 0 Å². The molecule has 2 fully saturated rings. The zero-order chi connectivity index (χ0) is 13.7. The van der Waals surface area contributed by atoms with Gasteiger partial charge in [0.2, 0.25) is 0 Å². The summed E-state index contributed by atoms with van der Waals surface area (Å²) in [5, 5.41) is 3.85. The molecule has 1 N–H and O–H groups in total. The molecule has 1 heterocycles. The third-order valence-electron chi connectivity index (χ3n) is 5.11. The highest BCUT2D eigenvalue weighted by molar-refractivity contribution is 4.86. The Balaban J connectivity index is 1.89. The molecule has 2 atom stereocenters. The van der Waals surface area contributed by atoms with Crippen molar-refractivity contribution in [2.75, 3.05) is 19.6 Å². The summed E-state index contributed by atoms with van der Waals surface area (Å²) >= 11 is 0. The zero-order valence-electron chi connectivity index (χ0n) is 13.3. The predicted molar refractivity (Wildman–Crippen MR) is 83.5 cm³/mol. The second-order valence-corrected chi connectivity index (χ2v) is 7.29. The third-order valence-corrected chi connectivity index (χ3v) is 5.11. The third kappa shape index (κ3) is 4.75. The second kappa shape index (κ2) is 7.64. The monoisotopic (exact) mass is 266 g/mol. The van der Waals surface area contributed by atoms with E-state index in [2.05, 4.69) is 31.0 Å². The first-order valence-corrected chi connectivity index (χ1v) is 8.64. The van der Waals surface area contributed by atoms with Crippen molar-refractivity contribution >= 4 is 0 Å². The van der Waals surface area contributed by atoms with Crippen molar-refractivity contribution in [1.29, 1.82) is 0 Å². The lowest BCUT2D eigenvalue weighted by Gasteiger charge is -2.35. The molecule has 0 bridgehead atoms. The number of nitrogens with zero attached hydrogens (tertiary/aromatic N) is 1. The number of nitrogens with one attached hydrogen (secondary N) is 1. The van der Waals surface area contributed by atoms with Crippen molar-refractivity contribution in [2.24, 2.45) is 11.8 Å². The van der Waals surface area contributed by atoms with Gasteiger partial charge in [-0.25, -0.2) is 0 Å². The molecule has 1 saturated carbocycles. The molecule has 0 spiro atoms. The van der Waals surface area contributed by atoms with Crippen LogP contribution in [-0.2, 0) is 0 Å². The van der Waals surface area contributed by atoms with E-state index < -0.39 is 0 Å². The average Bonchev–Trinajstić information content (AvgIpc) is 2.65. The van der Waals surface area contributed by atoms with Gasteiger partial charge >= 0.3 is 0 Å². The predicted octanol–water partition coefficient (Wildman–Crippen LogP) is 3.67. The summed E-state index contributed by atoms with van der Waals surface area (Å²) in [6.07, 6.45) is 9.99. The largest absolute Gasteiger partial charge is 0.312 e. The van der Waals surface area contributed by atoms with Crippen LogP contribution in [0.2, 0.25) is 0 Å². The molecule has 0 aromatic carbocycles. The van der Waals surface area contributed by atoms with Gasteiger partial charge in [0.15, 0.2) is 0 Å². The first-order chi connectivity index (χ1) is 9.16. The standard InChI is InChI=1S/C17H34N2/c1-14(2)12-15(3)19-11-7-10-18-17(13-19)16-8-5-4-6-9-16/h14-18H,4-13H2,1-3H3. The van der Waals surface area contributed by atoms with E-state index in [9.17, 15) is 0 Å². The molecule has 1 aliphatic carbocycles. The van der Waals surface area contributed by atoms with Gasteiger partial charge < -0.3 is 5.32 Å². The maximum absolute atomic E-state index is 3.85. The minimum atomic E-state index is 0.756. The summed E-state index contributed by atoms with van der Waals surface area (Å²) in [5.41, 5.74) is 0. The topological polar surface area (TPSA) is 15.3 Å².